The third-order valence-electron chi connectivity index (χ3n) is 5.66. The summed E-state index contributed by atoms with van der Waals surface area (Å²) in [6.45, 7) is 0.505. The maximum atomic E-state index is 13.2. The molecule has 1 aliphatic carbocycles. The number of imidazole rings is 1. The van der Waals surface area contributed by atoms with Crippen LogP contribution in [-0.4, -0.2) is 38.0 Å². The zero-order valence-corrected chi connectivity index (χ0v) is 15.1. The van der Waals surface area contributed by atoms with Gasteiger partial charge in [-0.2, -0.15) is 0 Å². The second kappa shape index (κ2) is 6.09. The van der Waals surface area contributed by atoms with E-state index in [9.17, 15) is 19.5 Å². The van der Waals surface area contributed by atoms with Crippen molar-refractivity contribution >= 4 is 22.9 Å². The Morgan fingerprint density at radius 1 is 1.11 bits per heavy atom. The quantitative estimate of drug-likeness (QED) is 0.733. The van der Waals surface area contributed by atoms with Crippen molar-refractivity contribution in [1.29, 1.82) is 0 Å². The number of amides is 1. The van der Waals surface area contributed by atoms with Gasteiger partial charge in [-0.05, 0) is 42.2 Å². The molecule has 5 rings (SSSR count). The highest BCUT2D eigenvalue weighted by molar-refractivity contribution is 5.98. The largest absolute Gasteiger partial charge is 0.481 e. The monoisotopic (exact) mass is 377 g/mol. The fraction of sp³-hybridized carbons (Fsp3) is 0.286. The van der Waals surface area contributed by atoms with Crippen LogP contribution >= 0.6 is 0 Å². The number of aromatic nitrogens is 2. The smallest absolute Gasteiger partial charge is 0.326 e. The van der Waals surface area contributed by atoms with Crippen molar-refractivity contribution in [1.82, 2.24) is 14.5 Å². The molecule has 1 aromatic heterocycles. The van der Waals surface area contributed by atoms with Crippen LogP contribution in [0.25, 0.3) is 11.0 Å². The molecular weight excluding hydrogens is 358 g/mol. The van der Waals surface area contributed by atoms with E-state index < -0.39 is 11.9 Å². The Bertz CT molecular complexity index is 1170. The standard InChI is InChI=1S/C21H19N3O4/c25-19(23-10-13-3-1-2-4-15(13)16(11-23)20(26)27)12-5-8-17-18(9-12)24(14-6-7-14)21(28)22-17/h1-5,8-9,14,16H,6-7,10-11H2,(H,22,28)(H,26,27). The predicted molar refractivity (Wildman–Crippen MR) is 102 cm³/mol. The molecular formula is C21H19N3O4. The van der Waals surface area contributed by atoms with E-state index in [1.165, 1.54) is 0 Å². The number of rotatable bonds is 3. The molecule has 7 heteroatoms. The number of hydrogen-bond donors (Lipinski definition) is 2. The Labute approximate surface area is 160 Å². The fourth-order valence-electron chi connectivity index (χ4n) is 4.11. The first-order valence-corrected chi connectivity index (χ1v) is 9.37. The molecule has 1 unspecified atom stereocenters. The first-order valence-electron chi connectivity index (χ1n) is 9.37. The molecule has 28 heavy (non-hydrogen) atoms. The third kappa shape index (κ3) is 2.62. The molecule has 1 atom stereocenters. The molecule has 2 aromatic carbocycles. The lowest BCUT2D eigenvalue weighted by Crippen LogP contribution is -2.40. The van der Waals surface area contributed by atoms with Crippen molar-refractivity contribution in [2.24, 2.45) is 0 Å². The molecule has 3 aromatic rings. The van der Waals surface area contributed by atoms with Gasteiger partial charge < -0.3 is 15.0 Å². The molecule has 1 saturated carbocycles. The molecule has 2 N–H and O–H groups in total. The van der Waals surface area contributed by atoms with E-state index in [1.54, 1.807) is 27.7 Å². The summed E-state index contributed by atoms with van der Waals surface area (Å²) < 4.78 is 1.72. The van der Waals surface area contributed by atoms with Crippen LogP contribution in [0.15, 0.2) is 47.3 Å². The summed E-state index contributed by atoms with van der Waals surface area (Å²) in [5.74, 6) is -1.90. The second-order valence-electron chi connectivity index (χ2n) is 7.54. The SMILES string of the molecule is O=C(O)C1CN(C(=O)c2ccc3[nH]c(=O)n(C4CC4)c3c2)Cc2ccccc21. The molecule has 1 fully saturated rings. The van der Waals surface area contributed by atoms with E-state index in [2.05, 4.69) is 4.98 Å². The molecule has 142 valence electrons. The maximum absolute atomic E-state index is 13.2. The number of carbonyl (C=O) groups is 2. The highest BCUT2D eigenvalue weighted by Crippen LogP contribution is 2.36. The minimum Gasteiger partial charge on any atom is -0.481 e. The van der Waals surface area contributed by atoms with Crippen molar-refractivity contribution in [3.8, 4) is 0 Å². The summed E-state index contributed by atoms with van der Waals surface area (Å²) in [6, 6.07) is 12.7. The van der Waals surface area contributed by atoms with Gasteiger partial charge in [-0.3, -0.25) is 14.2 Å². The van der Waals surface area contributed by atoms with Crippen molar-refractivity contribution in [2.45, 2.75) is 31.3 Å². The van der Waals surface area contributed by atoms with Gasteiger partial charge >= 0.3 is 11.7 Å². The van der Waals surface area contributed by atoms with Crippen LogP contribution in [0, 0.1) is 0 Å². The molecule has 0 radical (unpaired) electrons. The minimum absolute atomic E-state index is 0.131. The average Bonchev–Trinajstić information content (AvgIpc) is 3.47. The van der Waals surface area contributed by atoms with E-state index in [0.717, 1.165) is 29.5 Å². The zero-order chi connectivity index (χ0) is 19.4. The minimum atomic E-state index is -0.936. The molecule has 0 saturated heterocycles. The number of aromatic amines is 1. The number of aliphatic carboxylic acids is 1. The van der Waals surface area contributed by atoms with Gasteiger partial charge in [0, 0.05) is 24.7 Å². The molecule has 1 aliphatic heterocycles. The number of nitrogens with one attached hydrogen (secondary N) is 1. The van der Waals surface area contributed by atoms with Gasteiger partial charge in [0.2, 0.25) is 0 Å². The number of benzene rings is 2. The van der Waals surface area contributed by atoms with Crippen LogP contribution in [0.1, 0.15) is 46.3 Å². The number of nitrogens with zero attached hydrogens (tertiary/aromatic N) is 2. The van der Waals surface area contributed by atoms with E-state index in [0.29, 0.717) is 17.6 Å². The van der Waals surface area contributed by atoms with Crippen LogP contribution in [0.2, 0.25) is 0 Å². The van der Waals surface area contributed by atoms with Gasteiger partial charge in [0.25, 0.3) is 5.91 Å². The summed E-state index contributed by atoms with van der Waals surface area (Å²) in [5.41, 5.74) is 3.37. The highest BCUT2D eigenvalue weighted by Gasteiger charge is 2.33. The van der Waals surface area contributed by atoms with E-state index >= 15 is 0 Å². The number of carboxylic acids is 1. The fourth-order valence-corrected chi connectivity index (χ4v) is 4.11. The van der Waals surface area contributed by atoms with Gasteiger partial charge in [0.1, 0.15) is 0 Å². The van der Waals surface area contributed by atoms with Gasteiger partial charge in [0.05, 0.1) is 17.0 Å². The van der Waals surface area contributed by atoms with Crippen LogP contribution < -0.4 is 5.69 Å². The van der Waals surface area contributed by atoms with Crippen molar-refractivity contribution in [2.75, 3.05) is 6.54 Å². The van der Waals surface area contributed by atoms with Crippen molar-refractivity contribution in [3.63, 3.8) is 0 Å². The summed E-state index contributed by atoms with van der Waals surface area (Å²) in [5, 5.41) is 9.62. The van der Waals surface area contributed by atoms with Crippen LogP contribution in [0.5, 0.6) is 0 Å². The summed E-state index contributed by atoms with van der Waals surface area (Å²) in [4.78, 5) is 41.5. The summed E-state index contributed by atoms with van der Waals surface area (Å²) in [7, 11) is 0. The third-order valence-corrected chi connectivity index (χ3v) is 5.66. The first kappa shape index (κ1) is 16.8. The number of H-pyrrole nitrogens is 1. The van der Waals surface area contributed by atoms with Crippen LogP contribution in [0.3, 0.4) is 0 Å². The Morgan fingerprint density at radius 3 is 2.64 bits per heavy atom. The van der Waals surface area contributed by atoms with Crippen LogP contribution in [0.4, 0.5) is 0 Å². The summed E-state index contributed by atoms with van der Waals surface area (Å²) in [6.07, 6.45) is 1.93. The van der Waals surface area contributed by atoms with Gasteiger partial charge in [0.15, 0.2) is 0 Å². The number of carboxylic acid groups (broad SMARTS) is 1. The highest BCUT2D eigenvalue weighted by atomic mass is 16.4. The number of hydrogen-bond acceptors (Lipinski definition) is 3. The average molecular weight is 377 g/mol. The Balaban J connectivity index is 1.52. The van der Waals surface area contributed by atoms with E-state index in [-0.39, 0.29) is 24.2 Å². The lowest BCUT2D eigenvalue weighted by Gasteiger charge is -2.33. The molecule has 7 nitrogen and oxygen atoms in total. The Morgan fingerprint density at radius 2 is 1.89 bits per heavy atom. The van der Waals surface area contributed by atoms with Crippen molar-refractivity contribution < 1.29 is 14.7 Å². The van der Waals surface area contributed by atoms with Gasteiger partial charge in [-0.1, -0.05) is 24.3 Å². The summed E-state index contributed by atoms with van der Waals surface area (Å²) >= 11 is 0. The second-order valence-corrected chi connectivity index (χ2v) is 7.54. The lowest BCUT2D eigenvalue weighted by atomic mass is 9.89. The maximum Gasteiger partial charge on any atom is 0.326 e. The first-order chi connectivity index (χ1) is 13.5. The molecule has 0 bridgehead atoms. The number of carbonyl (C=O) groups excluding carboxylic acids is 1. The zero-order valence-electron chi connectivity index (χ0n) is 15.1. The van der Waals surface area contributed by atoms with E-state index in [4.69, 9.17) is 0 Å². The van der Waals surface area contributed by atoms with Gasteiger partial charge in [-0.25, -0.2) is 4.79 Å². The predicted octanol–water partition coefficient (Wildman–Crippen LogP) is 2.49. The molecule has 2 aliphatic rings. The molecule has 2 heterocycles. The molecule has 0 spiro atoms. The Hall–Kier alpha value is -3.35. The number of fused-ring (bicyclic) bond motifs is 2. The normalized spacial score (nSPS) is 18.9. The van der Waals surface area contributed by atoms with E-state index in [1.807, 2.05) is 24.3 Å². The Kier molecular flexibility index (Phi) is 3.65. The molecule has 1 amide bonds. The van der Waals surface area contributed by atoms with Crippen molar-refractivity contribution in [3.05, 3.63) is 69.6 Å². The topological polar surface area (TPSA) is 95.4 Å². The van der Waals surface area contributed by atoms with Crippen LogP contribution in [-0.2, 0) is 11.3 Å². The van der Waals surface area contributed by atoms with Gasteiger partial charge in [-0.15, -0.1) is 0 Å². The lowest BCUT2D eigenvalue weighted by molar-refractivity contribution is -0.139.